The van der Waals surface area contributed by atoms with Gasteiger partial charge in [-0.05, 0) is 44.0 Å². The summed E-state index contributed by atoms with van der Waals surface area (Å²) >= 11 is 6.07. The van der Waals surface area contributed by atoms with Crippen LogP contribution in [0.1, 0.15) is 18.5 Å². The van der Waals surface area contributed by atoms with Crippen LogP contribution in [0, 0.1) is 6.92 Å². The number of hydrogen-bond acceptors (Lipinski definition) is 5. The molecule has 0 saturated carbocycles. The Morgan fingerprint density at radius 1 is 1.14 bits per heavy atom. The number of pyridine rings is 1. The third-order valence-corrected chi connectivity index (χ3v) is 7.13. The van der Waals surface area contributed by atoms with Crippen molar-refractivity contribution in [2.75, 3.05) is 20.2 Å². The molecule has 2 aromatic rings. The molecule has 1 aromatic heterocycles. The van der Waals surface area contributed by atoms with Gasteiger partial charge in [-0.2, -0.15) is 4.31 Å². The number of methoxy groups -OCH3 is 1. The van der Waals surface area contributed by atoms with E-state index in [1.54, 1.807) is 17.7 Å². The predicted molar refractivity (Wildman–Crippen MR) is 107 cm³/mol. The number of sulfonamides is 1. The Kier molecular flexibility index (Phi) is 6.02. The van der Waals surface area contributed by atoms with Gasteiger partial charge in [-0.3, -0.25) is 4.79 Å². The Bertz CT molecular complexity index is 1030. The highest BCUT2D eigenvalue weighted by Crippen LogP contribution is 2.30. The molecule has 0 bridgehead atoms. The molecule has 0 atom stereocenters. The average molecular weight is 427 g/mol. The van der Waals surface area contributed by atoms with E-state index in [1.807, 2.05) is 13.0 Å². The Labute approximate surface area is 169 Å². The Morgan fingerprint density at radius 2 is 1.82 bits per heavy atom. The smallest absolute Gasteiger partial charge is 0.254 e. The van der Waals surface area contributed by atoms with Gasteiger partial charge in [0.2, 0.25) is 10.0 Å². The van der Waals surface area contributed by atoms with E-state index in [2.05, 4.69) is 0 Å². The number of benzene rings is 1. The predicted octanol–water partition coefficient (Wildman–Crippen LogP) is 2.59. The van der Waals surface area contributed by atoms with E-state index >= 15 is 0 Å². The highest BCUT2D eigenvalue weighted by atomic mass is 35.5. The summed E-state index contributed by atoms with van der Waals surface area (Å²) in [5.74, 6) is 0.945. The molecular formula is C19H23ClN2O5S. The first-order valence-corrected chi connectivity index (χ1v) is 10.7. The normalized spacial score (nSPS) is 16.1. The largest absolute Gasteiger partial charge is 0.495 e. The number of piperidine rings is 1. The molecule has 7 nitrogen and oxygen atoms in total. The molecule has 3 rings (SSSR count). The number of halogens is 1. The maximum atomic E-state index is 12.9. The van der Waals surface area contributed by atoms with Crippen molar-refractivity contribution in [3.8, 4) is 11.5 Å². The summed E-state index contributed by atoms with van der Waals surface area (Å²) in [5, 5.41) is 0.253. The van der Waals surface area contributed by atoms with Crippen molar-refractivity contribution < 1.29 is 17.9 Å². The van der Waals surface area contributed by atoms with Crippen LogP contribution in [0.3, 0.4) is 0 Å². The van der Waals surface area contributed by atoms with E-state index in [0.717, 1.165) is 5.69 Å². The molecule has 1 saturated heterocycles. The third-order valence-electron chi connectivity index (χ3n) is 4.94. The van der Waals surface area contributed by atoms with E-state index in [0.29, 0.717) is 37.4 Å². The zero-order valence-corrected chi connectivity index (χ0v) is 17.6. The Hall–Kier alpha value is -2.03. The van der Waals surface area contributed by atoms with Crippen LogP contribution in [0.25, 0.3) is 0 Å². The SMILES string of the molecule is COc1ccc(S(=O)(=O)N2CCC(Oc3cc(C)n(C)c(=O)c3)CC2)cc1Cl. The van der Waals surface area contributed by atoms with Crippen LogP contribution in [0.4, 0.5) is 0 Å². The maximum Gasteiger partial charge on any atom is 0.254 e. The summed E-state index contributed by atoms with van der Waals surface area (Å²) in [4.78, 5) is 12.0. The molecule has 0 aliphatic carbocycles. The minimum atomic E-state index is -3.64. The highest BCUT2D eigenvalue weighted by Gasteiger charge is 2.30. The van der Waals surface area contributed by atoms with Gasteiger partial charge in [0.15, 0.2) is 0 Å². The first-order valence-electron chi connectivity index (χ1n) is 8.90. The number of ether oxygens (including phenoxy) is 2. The van der Waals surface area contributed by atoms with Gasteiger partial charge in [0.05, 0.1) is 17.0 Å². The van der Waals surface area contributed by atoms with Crippen molar-refractivity contribution >= 4 is 21.6 Å². The van der Waals surface area contributed by atoms with E-state index < -0.39 is 10.0 Å². The minimum absolute atomic E-state index is 0.133. The van der Waals surface area contributed by atoms with Gasteiger partial charge >= 0.3 is 0 Å². The zero-order chi connectivity index (χ0) is 20.5. The quantitative estimate of drug-likeness (QED) is 0.734. The monoisotopic (exact) mass is 426 g/mol. The summed E-state index contributed by atoms with van der Waals surface area (Å²) in [6.07, 6.45) is 0.937. The van der Waals surface area contributed by atoms with E-state index in [1.165, 1.54) is 29.6 Å². The van der Waals surface area contributed by atoms with Crippen molar-refractivity contribution in [3.63, 3.8) is 0 Å². The lowest BCUT2D eigenvalue weighted by molar-refractivity contribution is 0.134. The molecule has 1 aliphatic heterocycles. The Balaban J connectivity index is 1.68. The van der Waals surface area contributed by atoms with Crippen molar-refractivity contribution in [3.05, 3.63) is 51.4 Å². The van der Waals surface area contributed by atoms with Gasteiger partial charge in [0.25, 0.3) is 5.56 Å². The summed E-state index contributed by atoms with van der Waals surface area (Å²) in [7, 11) is -0.459. The van der Waals surface area contributed by atoms with Crippen LogP contribution < -0.4 is 15.0 Å². The number of aromatic nitrogens is 1. The molecule has 9 heteroatoms. The van der Waals surface area contributed by atoms with Crippen LogP contribution in [-0.4, -0.2) is 43.6 Å². The van der Waals surface area contributed by atoms with Crippen LogP contribution in [0.15, 0.2) is 40.0 Å². The number of aryl methyl sites for hydroxylation is 1. The van der Waals surface area contributed by atoms with Gasteiger partial charge in [0.1, 0.15) is 17.6 Å². The van der Waals surface area contributed by atoms with Crippen LogP contribution in [0.2, 0.25) is 5.02 Å². The van der Waals surface area contributed by atoms with E-state index in [9.17, 15) is 13.2 Å². The summed E-state index contributed by atoms with van der Waals surface area (Å²) in [6.45, 7) is 2.50. The van der Waals surface area contributed by atoms with Crippen molar-refractivity contribution in [1.82, 2.24) is 8.87 Å². The second kappa shape index (κ2) is 8.14. The first-order chi connectivity index (χ1) is 13.2. The molecule has 152 valence electrons. The molecule has 1 aliphatic rings. The number of nitrogens with zero attached hydrogens (tertiary/aromatic N) is 2. The van der Waals surface area contributed by atoms with Gasteiger partial charge in [-0.1, -0.05) is 11.6 Å². The molecule has 28 heavy (non-hydrogen) atoms. The van der Waals surface area contributed by atoms with Crippen LogP contribution >= 0.6 is 11.6 Å². The fraction of sp³-hybridized carbons (Fsp3) is 0.421. The topological polar surface area (TPSA) is 77.8 Å². The second-order valence-corrected chi connectivity index (χ2v) is 9.09. The summed E-state index contributed by atoms with van der Waals surface area (Å²) in [6, 6.07) is 7.70. The fourth-order valence-electron chi connectivity index (χ4n) is 3.14. The van der Waals surface area contributed by atoms with Gasteiger partial charge in [-0.25, -0.2) is 8.42 Å². The van der Waals surface area contributed by atoms with Gasteiger partial charge in [-0.15, -0.1) is 0 Å². The standard InChI is InChI=1S/C19H23ClN2O5S/c1-13-10-15(11-19(23)21(13)2)27-14-6-8-22(9-7-14)28(24,25)16-4-5-18(26-3)17(20)12-16/h4-5,10-12,14H,6-9H2,1-3H3. The molecule has 0 spiro atoms. The summed E-state index contributed by atoms with van der Waals surface area (Å²) in [5.41, 5.74) is 0.672. The van der Waals surface area contributed by atoms with Crippen molar-refractivity contribution in [2.45, 2.75) is 30.8 Å². The molecule has 0 amide bonds. The molecular weight excluding hydrogens is 404 g/mol. The minimum Gasteiger partial charge on any atom is -0.495 e. The summed E-state index contributed by atoms with van der Waals surface area (Å²) < 4.78 is 39.7. The van der Waals surface area contributed by atoms with Gasteiger partial charge in [0, 0.05) is 31.9 Å². The molecule has 0 radical (unpaired) electrons. The molecule has 0 N–H and O–H groups in total. The number of rotatable bonds is 5. The van der Waals surface area contributed by atoms with E-state index in [4.69, 9.17) is 21.1 Å². The van der Waals surface area contributed by atoms with Crippen molar-refractivity contribution in [2.24, 2.45) is 7.05 Å². The lowest BCUT2D eigenvalue weighted by Gasteiger charge is -2.31. The van der Waals surface area contributed by atoms with Crippen LogP contribution in [0.5, 0.6) is 11.5 Å². The number of hydrogen-bond donors (Lipinski definition) is 0. The van der Waals surface area contributed by atoms with Gasteiger partial charge < -0.3 is 14.0 Å². The molecule has 1 aromatic carbocycles. The zero-order valence-electron chi connectivity index (χ0n) is 16.0. The van der Waals surface area contributed by atoms with Crippen LogP contribution in [-0.2, 0) is 17.1 Å². The maximum absolute atomic E-state index is 12.9. The lowest BCUT2D eigenvalue weighted by Crippen LogP contribution is -2.41. The average Bonchev–Trinajstić information content (AvgIpc) is 2.66. The highest BCUT2D eigenvalue weighted by molar-refractivity contribution is 7.89. The molecule has 0 unspecified atom stereocenters. The lowest BCUT2D eigenvalue weighted by atomic mass is 10.1. The molecule has 2 heterocycles. The van der Waals surface area contributed by atoms with Crippen molar-refractivity contribution in [1.29, 1.82) is 0 Å². The second-order valence-electron chi connectivity index (χ2n) is 6.75. The first kappa shape index (κ1) is 20.7. The molecule has 1 fully saturated rings. The van der Waals surface area contributed by atoms with E-state index in [-0.39, 0.29) is 21.6 Å². The Morgan fingerprint density at radius 3 is 2.39 bits per heavy atom. The fourth-order valence-corrected chi connectivity index (χ4v) is 4.96. The third kappa shape index (κ3) is 4.19.